The van der Waals surface area contributed by atoms with Crippen LogP contribution in [0.15, 0.2) is 45.3 Å². The molecule has 0 bridgehead atoms. The topological polar surface area (TPSA) is 64.6 Å². The highest BCUT2D eigenvalue weighted by Gasteiger charge is 2.27. The molecule has 3 rings (SSSR count). The van der Waals surface area contributed by atoms with Crippen molar-refractivity contribution in [3.05, 3.63) is 56.5 Å². The lowest BCUT2D eigenvalue weighted by atomic mass is 9.97. The number of rotatable bonds is 4. The average Bonchev–Trinajstić information content (AvgIpc) is 2.62. The zero-order chi connectivity index (χ0) is 18.7. The van der Waals surface area contributed by atoms with Crippen LogP contribution in [0.4, 0.5) is 5.69 Å². The number of fused-ring (bicyclic) bond motifs is 1. The van der Waals surface area contributed by atoms with Crippen molar-refractivity contribution in [2.24, 2.45) is 5.92 Å². The molecule has 2 aromatic rings. The molecule has 0 aromatic heterocycles. The van der Waals surface area contributed by atoms with Gasteiger partial charge in [0.25, 0.3) is 5.91 Å². The van der Waals surface area contributed by atoms with E-state index < -0.39 is 17.8 Å². The molecule has 0 fully saturated rings. The molecular weight excluding hydrogens is 466 g/mol. The molecule has 0 saturated carbocycles. The normalized spacial score (nSPS) is 15.6. The standard InChI is InChI=1S/C19H17Br2NO4/c1-11-6-14(20)18(15(21)7-11)22-17(23)10-26-19(24)13-8-12-4-2-3-5-16(12)25-9-13/h2-7,13H,8-10H2,1H3,(H,22,23). The Morgan fingerprint density at radius 1 is 1.23 bits per heavy atom. The Morgan fingerprint density at radius 2 is 1.92 bits per heavy atom. The predicted molar refractivity (Wildman–Crippen MR) is 105 cm³/mol. The number of ether oxygens (including phenoxy) is 2. The Bertz CT molecular complexity index is 830. The van der Waals surface area contributed by atoms with E-state index in [1.807, 2.05) is 43.3 Å². The van der Waals surface area contributed by atoms with Crippen LogP contribution in [0.1, 0.15) is 11.1 Å². The first kappa shape index (κ1) is 18.9. The number of benzene rings is 2. The third-order valence-corrected chi connectivity index (χ3v) is 5.26. The number of carbonyl (C=O) groups excluding carboxylic acids is 2. The van der Waals surface area contributed by atoms with Crippen LogP contribution in [0.5, 0.6) is 5.75 Å². The quantitative estimate of drug-likeness (QED) is 0.661. The molecule has 2 aromatic carbocycles. The highest BCUT2D eigenvalue weighted by Crippen LogP contribution is 2.32. The summed E-state index contributed by atoms with van der Waals surface area (Å²) >= 11 is 6.83. The molecule has 1 heterocycles. The fraction of sp³-hybridized carbons (Fsp3) is 0.263. The van der Waals surface area contributed by atoms with Crippen LogP contribution in [-0.4, -0.2) is 25.1 Å². The summed E-state index contributed by atoms with van der Waals surface area (Å²) < 4.78 is 12.3. The minimum atomic E-state index is -0.434. The fourth-order valence-corrected chi connectivity index (χ4v) is 4.34. The first-order valence-corrected chi connectivity index (χ1v) is 9.65. The number of amides is 1. The number of aryl methyl sites for hydroxylation is 1. The van der Waals surface area contributed by atoms with Gasteiger partial charge in [-0.15, -0.1) is 0 Å². The predicted octanol–water partition coefficient (Wildman–Crippen LogP) is 4.25. The molecular formula is C19H17Br2NO4. The van der Waals surface area contributed by atoms with E-state index in [4.69, 9.17) is 9.47 Å². The molecule has 1 atom stereocenters. The van der Waals surface area contributed by atoms with E-state index in [0.717, 1.165) is 25.8 Å². The average molecular weight is 483 g/mol. The van der Waals surface area contributed by atoms with Crippen LogP contribution >= 0.6 is 31.9 Å². The van der Waals surface area contributed by atoms with Crippen molar-refractivity contribution in [1.29, 1.82) is 0 Å². The Hall–Kier alpha value is -1.86. The molecule has 5 nitrogen and oxygen atoms in total. The molecule has 136 valence electrons. The molecule has 1 N–H and O–H groups in total. The van der Waals surface area contributed by atoms with Gasteiger partial charge in [-0.1, -0.05) is 18.2 Å². The second kappa shape index (κ2) is 8.22. The molecule has 1 aliphatic rings. The van der Waals surface area contributed by atoms with E-state index >= 15 is 0 Å². The van der Waals surface area contributed by atoms with Gasteiger partial charge in [-0.2, -0.15) is 0 Å². The summed E-state index contributed by atoms with van der Waals surface area (Å²) in [7, 11) is 0. The number of esters is 1. The maximum absolute atomic E-state index is 12.2. The SMILES string of the molecule is Cc1cc(Br)c(NC(=O)COC(=O)C2COc3ccccc3C2)c(Br)c1. The molecule has 1 aliphatic heterocycles. The van der Waals surface area contributed by atoms with Crippen LogP contribution in [0.3, 0.4) is 0 Å². The number of nitrogens with one attached hydrogen (secondary N) is 1. The van der Waals surface area contributed by atoms with E-state index in [2.05, 4.69) is 37.2 Å². The summed E-state index contributed by atoms with van der Waals surface area (Å²) in [4.78, 5) is 24.4. The molecule has 1 unspecified atom stereocenters. The summed E-state index contributed by atoms with van der Waals surface area (Å²) in [6.07, 6.45) is 0.547. The van der Waals surface area contributed by atoms with Gasteiger partial charge in [0.2, 0.25) is 0 Å². The summed E-state index contributed by atoms with van der Waals surface area (Å²) in [5.74, 6) is -0.448. The Kier molecular flexibility index (Phi) is 5.98. The van der Waals surface area contributed by atoms with Gasteiger partial charge < -0.3 is 14.8 Å². The number of carbonyl (C=O) groups is 2. The van der Waals surface area contributed by atoms with Gasteiger partial charge in [-0.3, -0.25) is 9.59 Å². The zero-order valence-corrected chi connectivity index (χ0v) is 17.2. The summed E-state index contributed by atoms with van der Waals surface area (Å²) in [6.45, 7) is 1.86. The van der Waals surface area contributed by atoms with Crippen LogP contribution in [0.2, 0.25) is 0 Å². The van der Waals surface area contributed by atoms with Crippen molar-refractivity contribution in [2.45, 2.75) is 13.3 Å². The largest absolute Gasteiger partial charge is 0.492 e. The van der Waals surface area contributed by atoms with Crippen LogP contribution in [-0.2, 0) is 20.7 Å². The molecule has 0 radical (unpaired) electrons. The summed E-state index contributed by atoms with van der Waals surface area (Å²) in [5.41, 5.74) is 2.62. The molecule has 0 saturated heterocycles. The second-order valence-corrected chi connectivity index (χ2v) is 7.79. The maximum Gasteiger partial charge on any atom is 0.313 e. The van der Waals surface area contributed by atoms with Crippen molar-refractivity contribution < 1.29 is 19.1 Å². The number of halogens is 2. The van der Waals surface area contributed by atoms with E-state index in [-0.39, 0.29) is 13.2 Å². The van der Waals surface area contributed by atoms with Gasteiger partial charge in [0.1, 0.15) is 12.4 Å². The van der Waals surface area contributed by atoms with Crippen LogP contribution in [0.25, 0.3) is 0 Å². The minimum Gasteiger partial charge on any atom is -0.492 e. The molecule has 26 heavy (non-hydrogen) atoms. The molecule has 7 heteroatoms. The smallest absolute Gasteiger partial charge is 0.313 e. The third kappa shape index (κ3) is 4.45. The van der Waals surface area contributed by atoms with Gasteiger partial charge in [0.15, 0.2) is 6.61 Å². The number of anilines is 1. The van der Waals surface area contributed by atoms with Gasteiger partial charge in [-0.25, -0.2) is 0 Å². The Labute approximate surface area is 168 Å². The van der Waals surface area contributed by atoms with Gasteiger partial charge in [0.05, 0.1) is 11.6 Å². The molecule has 0 spiro atoms. The highest BCUT2D eigenvalue weighted by atomic mass is 79.9. The lowest BCUT2D eigenvalue weighted by Crippen LogP contribution is -2.32. The lowest BCUT2D eigenvalue weighted by Gasteiger charge is -2.23. The van der Waals surface area contributed by atoms with E-state index in [9.17, 15) is 9.59 Å². The van der Waals surface area contributed by atoms with Crippen molar-refractivity contribution in [2.75, 3.05) is 18.5 Å². The Balaban J connectivity index is 1.54. The minimum absolute atomic E-state index is 0.256. The van der Waals surface area contributed by atoms with Crippen molar-refractivity contribution in [3.8, 4) is 5.75 Å². The number of hydrogen-bond donors (Lipinski definition) is 1. The Morgan fingerprint density at radius 3 is 2.65 bits per heavy atom. The summed E-state index contributed by atoms with van der Waals surface area (Å²) in [5, 5.41) is 2.74. The number of para-hydroxylation sites is 1. The summed E-state index contributed by atoms with van der Waals surface area (Å²) in [6, 6.07) is 11.4. The second-order valence-electron chi connectivity index (χ2n) is 6.08. The fourth-order valence-electron chi connectivity index (χ4n) is 2.73. The van der Waals surface area contributed by atoms with Gasteiger partial charge in [-0.05, 0) is 74.5 Å². The van der Waals surface area contributed by atoms with Crippen molar-refractivity contribution >= 4 is 49.4 Å². The van der Waals surface area contributed by atoms with E-state index in [1.54, 1.807) is 0 Å². The lowest BCUT2D eigenvalue weighted by molar-refractivity contribution is -0.152. The van der Waals surface area contributed by atoms with Crippen LogP contribution < -0.4 is 10.1 Å². The maximum atomic E-state index is 12.2. The molecule has 1 amide bonds. The van der Waals surface area contributed by atoms with Crippen molar-refractivity contribution in [1.82, 2.24) is 0 Å². The monoisotopic (exact) mass is 481 g/mol. The zero-order valence-electron chi connectivity index (χ0n) is 14.1. The molecule has 0 aliphatic carbocycles. The highest BCUT2D eigenvalue weighted by molar-refractivity contribution is 9.11. The van der Waals surface area contributed by atoms with Crippen molar-refractivity contribution in [3.63, 3.8) is 0 Å². The van der Waals surface area contributed by atoms with Gasteiger partial charge >= 0.3 is 5.97 Å². The first-order chi connectivity index (χ1) is 12.4. The van der Waals surface area contributed by atoms with Crippen LogP contribution in [0, 0.1) is 12.8 Å². The van der Waals surface area contributed by atoms with E-state index in [1.165, 1.54) is 0 Å². The first-order valence-electron chi connectivity index (χ1n) is 8.07. The van der Waals surface area contributed by atoms with E-state index in [0.29, 0.717) is 12.1 Å². The third-order valence-electron chi connectivity index (χ3n) is 4.01. The number of hydrogen-bond acceptors (Lipinski definition) is 4. The van der Waals surface area contributed by atoms with Gasteiger partial charge in [0, 0.05) is 8.95 Å².